The largest absolute Gasteiger partial charge is 0.493 e. The van der Waals surface area contributed by atoms with Gasteiger partial charge in [0, 0.05) is 18.5 Å². The average molecular weight is 270 g/mol. The molecular weight excluding hydrogens is 250 g/mol. The second kappa shape index (κ2) is 6.76. The van der Waals surface area contributed by atoms with Crippen LogP contribution in [0.25, 0.3) is 0 Å². The van der Waals surface area contributed by atoms with E-state index in [1.807, 2.05) is 37.2 Å². The summed E-state index contributed by atoms with van der Waals surface area (Å²) in [5, 5.41) is 0. The van der Waals surface area contributed by atoms with E-state index in [1.165, 1.54) is 5.56 Å². The van der Waals surface area contributed by atoms with Crippen LogP contribution in [-0.4, -0.2) is 37.9 Å². The maximum Gasteiger partial charge on any atom is 0.164 e. The Kier molecular flexibility index (Phi) is 5.63. The van der Waals surface area contributed by atoms with E-state index in [2.05, 4.69) is 0 Å². The maximum absolute atomic E-state index is 12.0. The van der Waals surface area contributed by atoms with Gasteiger partial charge in [-0.2, -0.15) is 0 Å². The molecule has 0 N–H and O–H groups in total. The predicted octanol–water partition coefficient (Wildman–Crippen LogP) is 2.57. The molecule has 0 aliphatic carbocycles. The molecule has 1 aromatic carbocycles. The number of ether oxygens (including phenoxy) is 1. The van der Waals surface area contributed by atoms with Crippen molar-refractivity contribution in [1.82, 2.24) is 4.90 Å². The lowest BCUT2D eigenvalue weighted by molar-refractivity contribution is 0.0972. The van der Waals surface area contributed by atoms with E-state index < -0.39 is 0 Å². The molecule has 1 aliphatic heterocycles. The number of fused-ring (bicyclic) bond motifs is 1. The van der Waals surface area contributed by atoms with E-state index in [-0.39, 0.29) is 18.2 Å². The van der Waals surface area contributed by atoms with Crippen LogP contribution >= 0.6 is 12.4 Å². The smallest absolute Gasteiger partial charge is 0.164 e. The zero-order chi connectivity index (χ0) is 12.3. The third-order valence-electron chi connectivity index (χ3n) is 3.02. The molecule has 0 amide bonds. The Morgan fingerprint density at radius 1 is 1.39 bits per heavy atom. The molecule has 0 aromatic heterocycles. The van der Waals surface area contributed by atoms with Crippen molar-refractivity contribution in [3.8, 4) is 5.75 Å². The summed E-state index contributed by atoms with van der Waals surface area (Å²) in [6.07, 6.45) is 2.64. The Morgan fingerprint density at radius 2 is 2.17 bits per heavy atom. The number of Topliss-reactive ketones (excluding diaryl/α,β-unsaturated/α-hetero) is 1. The molecule has 2 rings (SSSR count). The van der Waals surface area contributed by atoms with Crippen LogP contribution in [0, 0.1) is 0 Å². The van der Waals surface area contributed by atoms with E-state index in [1.54, 1.807) is 0 Å². The summed E-state index contributed by atoms with van der Waals surface area (Å²) in [6.45, 7) is 1.59. The monoisotopic (exact) mass is 269 g/mol. The lowest BCUT2D eigenvalue weighted by atomic mass is 10.00. The minimum atomic E-state index is 0. The zero-order valence-electron chi connectivity index (χ0n) is 10.9. The Bertz CT molecular complexity index is 418. The number of carbonyl (C=O) groups is 1. The molecule has 100 valence electrons. The molecule has 4 heteroatoms. The first-order valence-corrected chi connectivity index (χ1v) is 6.10. The number of benzene rings is 1. The third-order valence-corrected chi connectivity index (χ3v) is 3.02. The van der Waals surface area contributed by atoms with Crippen molar-refractivity contribution in [2.24, 2.45) is 0 Å². The van der Waals surface area contributed by atoms with Crippen LogP contribution < -0.4 is 4.74 Å². The highest BCUT2D eigenvalue weighted by Crippen LogP contribution is 2.25. The summed E-state index contributed by atoms with van der Waals surface area (Å²) >= 11 is 0. The first-order valence-electron chi connectivity index (χ1n) is 6.10. The molecule has 0 radical (unpaired) electrons. The number of nitrogens with zero attached hydrogens (tertiary/aromatic N) is 1. The van der Waals surface area contributed by atoms with E-state index in [0.717, 1.165) is 37.3 Å². The normalized spacial score (nSPS) is 13.5. The number of rotatable bonds is 4. The van der Waals surface area contributed by atoms with E-state index >= 15 is 0 Å². The summed E-state index contributed by atoms with van der Waals surface area (Å²) in [4.78, 5) is 14.0. The summed E-state index contributed by atoms with van der Waals surface area (Å²) in [5.74, 6) is 1.16. The fourth-order valence-corrected chi connectivity index (χ4v) is 2.00. The van der Waals surface area contributed by atoms with Gasteiger partial charge in [0.15, 0.2) is 5.78 Å². The van der Waals surface area contributed by atoms with Gasteiger partial charge in [-0.25, -0.2) is 0 Å². The van der Waals surface area contributed by atoms with Crippen molar-refractivity contribution in [2.45, 2.75) is 19.3 Å². The summed E-state index contributed by atoms with van der Waals surface area (Å²) in [7, 11) is 3.96. The van der Waals surface area contributed by atoms with Crippen LogP contribution in [-0.2, 0) is 6.42 Å². The van der Waals surface area contributed by atoms with Crippen LogP contribution in [0.1, 0.15) is 28.8 Å². The van der Waals surface area contributed by atoms with Gasteiger partial charge in [-0.05, 0) is 50.7 Å². The molecule has 0 fully saturated rings. The molecule has 1 aromatic rings. The van der Waals surface area contributed by atoms with Gasteiger partial charge in [0.25, 0.3) is 0 Å². The van der Waals surface area contributed by atoms with Gasteiger partial charge >= 0.3 is 0 Å². The molecule has 3 nitrogen and oxygen atoms in total. The van der Waals surface area contributed by atoms with E-state index in [4.69, 9.17) is 4.74 Å². The molecule has 1 aliphatic rings. The Hall–Kier alpha value is -1.06. The Balaban J connectivity index is 0.00000162. The molecule has 1 heterocycles. The fraction of sp³-hybridized carbons (Fsp3) is 0.500. The average Bonchev–Trinajstić information content (AvgIpc) is 2.35. The van der Waals surface area contributed by atoms with Crippen LogP contribution in [0.5, 0.6) is 5.75 Å². The third kappa shape index (κ3) is 3.72. The van der Waals surface area contributed by atoms with Gasteiger partial charge in [0.2, 0.25) is 0 Å². The van der Waals surface area contributed by atoms with Gasteiger partial charge < -0.3 is 9.64 Å². The minimum Gasteiger partial charge on any atom is -0.493 e. The van der Waals surface area contributed by atoms with Crippen LogP contribution in [0.15, 0.2) is 18.2 Å². The summed E-state index contributed by atoms with van der Waals surface area (Å²) < 4.78 is 5.54. The summed E-state index contributed by atoms with van der Waals surface area (Å²) in [5.41, 5.74) is 1.99. The SMILES string of the molecule is CN(C)CCC(=O)c1ccc2c(c1)CCCO2.Cl. The molecular formula is C14H20ClNO2. The molecule has 0 bridgehead atoms. The minimum absolute atomic E-state index is 0. The first kappa shape index (κ1) is 15.0. The highest BCUT2D eigenvalue weighted by atomic mass is 35.5. The lowest BCUT2D eigenvalue weighted by Crippen LogP contribution is -2.17. The van der Waals surface area contributed by atoms with Crippen molar-refractivity contribution in [3.05, 3.63) is 29.3 Å². The first-order chi connectivity index (χ1) is 8.16. The van der Waals surface area contributed by atoms with Crippen molar-refractivity contribution < 1.29 is 9.53 Å². The molecule has 0 saturated heterocycles. The van der Waals surface area contributed by atoms with Gasteiger partial charge in [-0.15, -0.1) is 12.4 Å². The van der Waals surface area contributed by atoms with Gasteiger partial charge in [0.05, 0.1) is 6.61 Å². The quantitative estimate of drug-likeness (QED) is 0.787. The second-order valence-electron chi connectivity index (χ2n) is 4.75. The van der Waals surface area contributed by atoms with Crippen LogP contribution in [0.4, 0.5) is 0 Å². The van der Waals surface area contributed by atoms with E-state index in [0.29, 0.717) is 6.42 Å². The Labute approximate surface area is 115 Å². The van der Waals surface area contributed by atoms with Gasteiger partial charge in [-0.1, -0.05) is 0 Å². The number of carbonyl (C=O) groups excluding carboxylic acids is 1. The van der Waals surface area contributed by atoms with Crippen molar-refractivity contribution >= 4 is 18.2 Å². The van der Waals surface area contributed by atoms with Crippen molar-refractivity contribution in [3.63, 3.8) is 0 Å². The topological polar surface area (TPSA) is 29.5 Å². The number of aryl methyl sites for hydroxylation is 1. The van der Waals surface area contributed by atoms with E-state index in [9.17, 15) is 4.79 Å². The van der Waals surface area contributed by atoms with Gasteiger partial charge in [0.1, 0.15) is 5.75 Å². The maximum atomic E-state index is 12.0. The van der Waals surface area contributed by atoms with Gasteiger partial charge in [-0.3, -0.25) is 4.79 Å². The molecule has 0 atom stereocenters. The number of halogens is 1. The van der Waals surface area contributed by atoms with Crippen molar-refractivity contribution in [1.29, 1.82) is 0 Å². The Morgan fingerprint density at radius 3 is 2.89 bits per heavy atom. The fourth-order valence-electron chi connectivity index (χ4n) is 2.00. The molecule has 0 spiro atoms. The van der Waals surface area contributed by atoms with Crippen molar-refractivity contribution in [2.75, 3.05) is 27.2 Å². The zero-order valence-corrected chi connectivity index (χ0v) is 11.8. The highest BCUT2D eigenvalue weighted by Gasteiger charge is 2.13. The highest BCUT2D eigenvalue weighted by molar-refractivity contribution is 5.96. The van der Waals surface area contributed by atoms with Crippen LogP contribution in [0.3, 0.4) is 0 Å². The lowest BCUT2D eigenvalue weighted by Gasteiger charge is -2.17. The number of ketones is 1. The predicted molar refractivity (Wildman–Crippen MR) is 75.0 cm³/mol. The van der Waals surface area contributed by atoms with Crippen LogP contribution in [0.2, 0.25) is 0 Å². The molecule has 0 unspecified atom stereocenters. The summed E-state index contributed by atoms with van der Waals surface area (Å²) in [6, 6.07) is 5.80. The standard InChI is InChI=1S/C14H19NO2.ClH/c1-15(2)8-7-13(16)11-5-6-14-12(10-11)4-3-9-17-14;/h5-6,10H,3-4,7-9H2,1-2H3;1H. The number of hydrogen-bond acceptors (Lipinski definition) is 3. The number of hydrogen-bond donors (Lipinski definition) is 0. The molecule has 0 saturated carbocycles. The molecule has 18 heavy (non-hydrogen) atoms. The second-order valence-corrected chi connectivity index (χ2v) is 4.75.